The minimum atomic E-state index is 0.680. The Hall–Kier alpha value is -1.62. The fourth-order valence-electron chi connectivity index (χ4n) is 1.58. The molecule has 2 heterocycles. The van der Waals surface area contributed by atoms with Crippen molar-refractivity contribution in [2.75, 3.05) is 0 Å². The summed E-state index contributed by atoms with van der Waals surface area (Å²) >= 11 is 0. The number of aryl methyl sites for hydroxylation is 1. The summed E-state index contributed by atoms with van der Waals surface area (Å²) in [5, 5.41) is 6.92. The molecule has 2 rings (SSSR count). The molecule has 2 aromatic heterocycles. The average molecular weight is 220 g/mol. The summed E-state index contributed by atoms with van der Waals surface area (Å²) in [5.74, 6) is 1.90. The molecule has 0 aliphatic rings. The van der Waals surface area contributed by atoms with Gasteiger partial charge in [-0.1, -0.05) is 12.1 Å². The molecule has 0 spiro atoms. The maximum Gasteiger partial charge on any atom is 0.150 e. The van der Waals surface area contributed by atoms with Crippen LogP contribution in [0, 0.1) is 0 Å². The van der Waals surface area contributed by atoms with Gasteiger partial charge in [0.1, 0.15) is 11.6 Å². The van der Waals surface area contributed by atoms with Gasteiger partial charge in [-0.3, -0.25) is 0 Å². The molecule has 0 saturated heterocycles. The van der Waals surface area contributed by atoms with Gasteiger partial charge in [0, 0.05) is 25.0 Å². The lowest BCUT2D eigenvalue weighted by Gasteiger charge is -2.06. The van der Waals surface area contributed by atoms with E-state index in [0.717, 1.165) is 31.1 Å². The first-order valence-corrected chi connectivity index (χ1v) is 5.50. The van der Waals surface area contributed by atoms with Gasteiger partial charge in [-0.15, -0.1) is 0 Å². The Morgan fingerprint density at radius 1 is 1.38 bits per heavy atom. The maximum absolute atomic E-state index is 4.99. The highest BCUT2D eigenvalue weighted by Gasteiger charge is 2.02. The predicted molar refractivity (Wildman–Crippen MR) is 59.6 cm³/mol. The Labute approximate surface area is 94.5 Å². The molecule has 0 unspecified atom stereocenters. The number of rotatable bonds is 6. The van der Waals surface area contributed by atoms with Crippen LogP contribution in [-0.2, 0) is 19.6 Å². The van der Waals surface area contributed by atoms with Gasteiger partial charge in [0.05, 0.1) is 19.3 Å². The molecule has 0 aromatic carbocycles. The van der Waals surface area contributed by atoms with Crippen molar-refractivity contribution < 1.29 is 4.52 Å². The quantitative estimate of drug-likeness (QED) is 0.802. The van der Waals surface area contributed by atoms with Gasteiger partial charge < -0.3 is 14.4 Å². The summed E-state index contributed by atoms with van der Waals surface area (Å²) in [5.41, 5.74) is 0. The number of aromatic nitrogens is 3. The normalized spacial score (nSPS) is 10.8. The van der Waals surface area contributed by atoms with Gasteiger partial charge in [0.2, 0.25) is 0 Å². The maximum atomic E-state index is 4.99. The number of hydrogen-bond acceptors (Lipinski definition) is 4. The fraction of sp³-hybridized carbons (Fsp3) is 0.455. The van der Waals surface area contributed by atoms with E-state index in [4.69, 9.17) is 4.52 Å². The first kappa shape index (κ1) is 10.9. The van der Waals surface area contributed by atoms with E-state index in [-0.39, 0.29) is 0 Å². The second kappa shape index (κ2) is 5.46. The van der Waals surface area contributed by atoms with Gasteiger partial charge in [-0.25, -0.2) is 4.98 Å². The van der Waals surface area contributed by atoms with Crippen molar-refractivity contribution in [3.8, 4) is 0 Å². The van der Waals surface area contributed by atoms with Crippen LogP contribution in [0.4, 0.5) is 0 Å². The van der Waals surface area contributed by atoms with E-state index >= 15 is 0 Å². The minimum Gasteiger partial charge on any atom is -0.360 e. The van der Waals surface area contributed by atoms with E-state index in [0.29, 0.717) is 6.54 Å². The van der Waals surface area contributed by atoms with Crippen LogP contribution in [0.15, 0.2) is 29.2 Å². The van der Waals surface area contributed by atoms with E-state index in [1.807, 2.05) is 18.5 Å². The standard InChI is InChI=1S/C11H16N4O/c1-2-6-15-7-5-13-11(15)9-12-8-10-3-4-14-16-10/h3-5,7,12H,2,6,8-9H2,1H3. The molecule has 0 saturated carbocycles. The molecule has 1 N–H and O–H groups in total. The molecule has 0 aliphatic carbocycles. The van der Waals surface area contributed by atoms with Crippen LogP contribution in [0.2, 0.25) is 0 Å². The highest BCUT2D eigenvalue weighted by Crippen LogP contribution is 2.00. The molecular formula is C11H16N4O. The van der Waals surface area contributed by atoms with E-state index in [1.165, 1.54) is 0 Å². The first-order chi connectivity index (χ1) is 7.90. The molecule has 2 aromatic rings. The van der Waals surface area contributed by atoms with Crippen molar-refractivity contribution in [1.29, 1.82) is 0 Å². The van der Waals surface area contributed by atoms with Crippen molar-refractivity contribution in [1.82, 2.24) is 20.0 Å². The summed E-state index contributed by atoms with van der Waals surface area (Å²) in [6.07, 6.45) is 6.61. The molecule has 86 valence electrons. The van der Waals surface area contributed by atoms with E-state index < -0.39 is 0 Å². The second-order valence-electron chi connectivity index (χ2n) is 3.62. The third kappa shape index (κ3) is 2.70. The summed E-state index contributed by atoms with van der Waals surface area (Å²) in [4.78, 5) is 4.31. The van der Waals surface area contributed by atoms with Crippen LogP contribution in [0.1, 0.15) is 24.9 Å². The van der Waals surface area contributed by atoms with Gasteiger partial charge in [0.25, 0.3) is 0 Å². The SMILES string of the molecule is CCCn1ccnc1CNCc1ccno1. The molecule has 0 amide bonds. The van der Waals surface area contributed by atoms with Crippen LogP contribution in [-0.4, -0.2) is 14.7 Å². The van der Waals surface area contributed by atoms with Crippen LogP contribution in [0.5, 0.6) is 0 Å². The number of nitrogens with one attached hydrogen (secondary N) is 1. The molecule has 0 atom stereocenters. The fourth-order valence-corrected chi connectivity index (χ4v) is 1.58. The third-order valence-electron chi connectivity index (χ3n) is 2.34. The summed E-state index contributed by atoms with van der Waals surface area (Å²) in [6, 6.07) is 1.85. The largest absolute Gasteiger partial charge is 0.360 e. The zero-order valence-corrected chi connectivity index (χ0v) is 9.39. The molecule has 5 nitrogen and oxygen atoms in total. The van der Waals surface area contributed by atoms with E-state index in [2.05, 4.69) is 26.9 Å². The van der Waals surface area contributed by atoms with Crippen molar-refractivity contribution >= 4 is 0 Å². The van der Waals surface area contributed by atoms with Gasteiger partial charge in [-0.2, -0.15) is 0 Å². The molecular weight excluding hydrogens is 204 g/mol. The Kier molecular flexibility index (Phi) is 3.71. The van der Waals surface area contributed by atoms with E-state index in [1.54, 1.807) is 6.20 Å². The minimum absolute atomic E-state index is 0.680. The molecule has 0 fully saturated rings. The topological polar surface area (TPSA) is 55.9 Å². The lowest BCUT2D eigenvalue weighted by atomic mass is 10.4. The summed E-state index contributed by atoms with van der Waals surface area (Å²) in [7, 11) is 0. The zero-order chi connectivity index (χ0) is 11.2. The van der Waals surface area contributed by atoms with Gasteiger partial charge in [-0.05, 0) is 6.42 Å². The summed E-state index contributed by atoms with van der Waals surface area (Å²) in [6.45, 7) is 4.59. The third-order valence-corrected chi connectivity index (χ3v) is 2.34. The highest BCUT2D eigenvalue weighted by atomic mass is 16.5. The van der Waals surface area contributed by atoms with Crippen LogP contribution in [0.3, 0.4) is 0 Å². The molecule has 0 bridgehead atoms. The van der Waals surface area contributed by atoms with Crippen LogP contribution in [0.25, 0.3) is 0 Å². The van der Waals surface area contributed by atoms with Gasteiger partial charge >= 0.3 is 0 Å². The Bertz CT molecular complexity index is 407. The smallest absolute Gasteiger partial charge is 0.150 e. The molecule has 5 heteroatoms. The molecule has 0 radical (unpaired) electrons. The van der Waals surface area contributed by atoms with Crippen LogP contribution < -0.4 is 5.32 Å². The highest BCUT2D eigenvalue weighted by molar-refractivity contribution is 4.95. The number of nitrogens with zero attached hydrogens (tertiary/aromatic N) is 3. The van der Waals surface area contributed by atoms with Gasteiger partial charge in [0.15, 0.2) is 0 Å². The Morgan fingerprint density at radius 3 is 3.06 bits per heavy atom. The summed E-state index contributed by atoms with van der Waals surface area (Å²) < 4.78 is 7.15. The van der Waals surface area contributed by atoms with Crippen molar-refractivity contribution in [3.63, 3.8) is 0 Å². The molecule has 0 aliphatic heterocycles. The molecule has 16 heavy (non-hydrogen) atoms. The Morgan fingerprint density at radius 2 is 2.31 bits per heavy atom. The van der Waals surface area contributed by atoms with E-state index in [9.17, 15) is 0 Å². The lowest BCUT2D eigenvalue weighted by Crippen LogP contribution is -2.16. The van der Waals surface area contributed by atoms with Crippen molar-refractivity contribution in [2.24, 2.45) is 0 Å². The van der Waals surface area contributed by atoms with Crippen molar-refractivity contribution in [2.45, 2.75) is 33.0 Å². The van der Waals surface area contributed by atoms with Crippen LogP contribution >= 0.6 is 0 Å². The number of hydrogen-bond donors (Lipinski definition) is 1. The monoisotopic (exact) mass is 220 g/mol. The predicted octanol–water partition coefficient (Wildman–Crippen LogP) is 1.57. The Balaban J connectivity index is 1.82. The first-order valence-electron chi connectivity index (χ1n) is 5.50. The average Bonchev–Trinajstić information content (AvgIpc) is 2.91. The number of imidazole rings is 1. The second-order valence-corrected chi connectivity index (χ2v) is 3.62. The zero-order valence-electron chi connectivity index (χ0n) is 9.39. The lowest BCUT2D eigenvalue weighted by molar-refractivity contribution is 0.371. The van der Waals surface area contributed by atoms with Crippen molar-refractivity contribution in [3.05, 3.63) is 36.2 Å².